The zero-order valence-corrected chi connectivity index (χ0v) is 9.25. The molecule has 0 aromatic heterocycles. The van der Waals surface area contributed by atoms with E-state index in [4.69, 9.17) is 0 Å². The Morgan fingerprint density at radius 1 is 1.44 bits per heavy atom. The summed E-state index contributed by atoms with van der Waals surface area (Å²) in [5.74, 6) is -2.17. The fraction of sp³-hybridized carbons (Fsp3) is 0.300. The molecule has 1 aromatic rings. The van der Waals surface area contributed by atoms with E-state index in [1.54, 1.807) is 12.2 Å². The average Bonchev–Trinajstić information content (AvgIpc) is 2.27. The molecule has 0 atom stereocenters. The van der Waals surface area contributed by atoms with E-state index < -0.39 is 17.0 Å². The summed E-state index contributed by atoms with van der Waals surface area (Å²) in [5, 5.41) is 12.2. The van der Waals surface area contributed by atoms with Crippen LogP contribution in [-0.4, -0.2) is 17.0 Å². The monoisotopic (exact) mass is 262 g/mol. The quantitative estimate of drug-likeness (QED) is 0.672. The highest BCUT2D eigenvalue weighted by molar-refractivity contribution is 5.95. The number of aryl methyl sites for hydroxylation is 1. The van der Waals surface area contributed by atoms with Gasteiger partial charge < -0.3 is 5.32 Å². The van der Waals surface area contributed by atoms with E-state index in [0.717, 1.165) is 6.07 Å². The van der Waals surface area contributed by atoms with Gasteiger partial charge in [0.05, 0.1) is 4.92 Å². The number of halogens is 3. The summed E-state index contributed by atoms with van der Waals surface area (Å²) < 4.78 is 36.0. The number of nitrogens with zero attached hydrogens (tertiary/aromatic N) is 1. The van der Waals surface area contributed by atoms with Gasteiger partial charge >= 0.3 is 12.1 Å². The molecule has 0 radical (unpaired) electrons. The Bertz CT molecular complexity index is 486. The van der Waals surface area contributed by atoms with Crippen LogP contribution < -0.4 is 5.32 Å². The highest BCUT2D eigenvalue weighted by Crippen LogP contribution is 2.25. The lowest BCUT2D eigenvalue weighted by atomic mass is 10.1. The van der Waals surface area contributed by atoms with Crippen LogP contribution in [0.4, 0.5) is 24.5 Å². The third kappa shape index (κ3) is 3.19. The molecule has 0 saturated carbocycles. The second-order valence-electron chi connectivity index (χ2n) is 3.41. The first-order valence-corrected chi connectivity index (χ1v) is 4.91. The molecule has 1 N–H and O–H groups in total. The number of nitro benzene ring substituents is 1. The van der Waals surface area contributed by atoms with Crippen LogP contribution in [-0.2, 0) is 11.2 Å². The Morgan fingerprint density at radius 3 is 2.50 bits per heavy atom. The fourth-order valence-corrected chi connectivity index (χ4v) is 1.31. The maximum atomic E-state index is 12.0. The minimum Gasteiger partial charge on any atom is -0.318 e. The number of rotatable bonds is 3. The van der Waals surface area contributed by atoms with Crippen LogP contribution in [0.1, 0.15) is 12.5 Å². The zero-order valence-electron chi connectivity index (χ0n) is 9.25. The molecule has 0 aliphatic carbocycles. The van der Waals surface area contributed by atoms with Crippen molar-refractivity contribution in [1.82, 2.24) is 0 Å². The Hall–Kier alpha value is -2.12. The molecule has 1 rings (SSSR count). The topological polar surface area (TPSA) is 72.2 Å². The SMILES string of the molecule is CCc1ccc(NC(=O)C(F)(F)F)cc1[N+](=O)[O-]. The van der Waals surface area contributed by atoms with Gasteiger partial charge in [0.1, 0.15) is 0 Å². The summed E-state index contributed by atoms with van der Waals surface area (Å²) in [7, 11) is 0. The molecule has 0 saturated heterocycles. The van der Waals surface area contributed by atoms with Gasteiger partial charge in [-0.25, -0.2) is 0 Å². The van der Waals surface area contributed by atoms with Gasteiger partial charge in [0, 0.05) is 17.3 Å². The first-order valence-electron chi connectivity index (χ1n) is 4.91. The highest BCUT2D eigenvalue weighted by Gasteiger charge is 2.38. The molecule has 0 aliphatic heterocycles. The van der Waals surface area contributed by atoms with Crippen molar-refractivity contribution >= 4 is 17.3 Å². The number of benzene rings is 1. The van der Waals surface area contributed by atoms with Crippen molar-refractivity contribution in [3.05, 3.63) is 33.9 Å². The standard InChI is InChI=1S/C10H9F3N2O3/c1-2-6-3-4-7(5-8(6)15(17)18)14-9(16)10(11,12)13/h3-5H,2H2,1H3,(H,14,16). The number of amides is 1. The third-order valence-electron chi connectivity index (χ3n) is 2.18. The molecule has 0 aliphatic rings. The van der Waals surface area contributed by atoms with Gasteiger partial charge in [-0.3, -0.25) is 14.9 Å². The van der Waals surface area contributed by atoms with Gasteiger partial charge in [0.15, 0.2) is 0 Å². The third-order valence-corrected chi connectivity index (χ3v) is 2.18. The number of hydrogen-bond donors (Lipinski definition) is 1. The van der Waals surface area contributed by atoms with E-state index in [1.165, 1.54) is 12.1 Å². The number of anilines is 1. The molecule has 5 nitrogen and oxygen atoms in total. The van der Waals surface area contributed by atoms with E-state index >= 15 is 0 Å². The Kier molecular flexibility index (Phi) is 3.89. The average molecular weight is 262 g/mol. The Balaban J connectivity index is 3.03. The number of alkyl halides is 3. The van der Waals surface area contributed by atoms with Crippen LogP contribution in [0.3, 0.4) is 0 Å². The van der Waals surface area contributed by atoms with Crippen molar-refractivity contribution in [2.75, 3.05) is 5.32 Å². The van der Waals surface area contributed by atoms with Gasteiger partial charge in [-0.15, -0.1) is 0 Å². The van der Waals surface area contributed by atoms with Crippen LogP contribution in [0.25, 0.3) is 0 Å². The highest BCUT2D eigenvalue weighted by atomic mass is 19.4. The zero-order chi connectivity index (χ0) is 13.9. The predicted octanol–water partition coefficient (Wildman–Crippen LogP) is 2.66. The molecule has 0 bridgehead atoms. The van der Waals surface area contributed by atoms with E-state index in [2.05, 4.69) is 0 Å². The minimum atomic E-state index is -5.03. The van der Waals surface area contributed by atoms with Crippen LogP contribution in [0.2, 0.25) is 0 Å². The number of nitrogens with one attached hydrogen (secondary N) is 1. The van der Waals surface area contributed by atoms with Crippen molar-refractivity contribution in [2.45, 2.75) is 19.5 Å². The summed E-state index contributed by atoms with van der Waals surface area (Å²) in [5.41, 5.74) is -0.205. The van der Waals surface area contributed by atoms with Crippen molar-refractivity contribution in [3.8, 4) is 0 Å². The van der Waals surface area contributed by atoms with E-state index in [-0.39, 0.29) is 11.4 Å². The summed E-state index contributed by atoms with van der Waals surface area (Å²) in [6, 6.07) is 3.40. The molecule has 1 amide bonds. The Morgan fingerprint density at radius 2 is 2.06 bits per heavy atom. The molecule has 0 spiro atoms. The lowest BCUT2D eigenvalue weighted by Gasteiger charge is -2.08. The van der Waals surface area contributed by atoms with Gasteiger partial charge in [0.2, 0.25) is 0 Å². The maximum Gasteiger partial charge on any atom is 0.471 e. The molecule has 0 fully saturated rings. The van der Waals surface area contributed by atoms with Crippen molar-refractivity contribution in [2.24, 2.45) is 0 Å². The predicted molar refractivity (Wildman–Crippen MR) is 57.2 cm³/mol. The van der Waals surface area contributed by atoms with Crippen LogP contribution in [0.5, 0.6) is 0 Å². The summed E-state index contributed by atoms with van der Waals surface area (Å²) in [6.45, 7) is 1.68. The molecule has 18 heavy (non-hydrogen) atoms. The molecule has 8 heteroatoms. The first kappa shape index (κ1) is 13.9. The maximum absolute atomic E-state index is 12.0. The summed E-state index contributed by atoms with van der Waals surface area (Å²) in [4.78, 5) is 20.6. The Labute approximate surface area is 99.8 Å². The van der Waals surface area contributed by atoms with E-state index in [0.29, 0.717) is 12.0 Å². The second kappa shape index (κ2) is 5.03. The second-order valence-corrected chi connectivity index (χ2v) is 3.41. The summed E-state index contributed by atoms with van der Waals surface area (Å²) >= 11 is 0. The van der Waals surface area contributed by atoms with Crippen molar-refractivity contribution in [3.63, 3.8) is 0 Å². The summed E-state index contributed by atoms with van der Waals surface area (Å²) in [6.07, 6.45) is -4.66. The van der Waals surface area contributed by atoms with Gasteiger partial charge in [-0.1, -0.05) is 13.0 Å². The lowest BCUT2D eigenvalue weighted by Crippen LogP contribution is -2.29. The van der Waals surface area contributed by atoms with Gasteiger partial charge in [-0.05, 0) is 12.5 Å². The van der Waals surface area contributed by atoms with Crippen LogP contribution in [0, 0.1) is 10.1 Å². The smallest absolute Gasteiger partial charge is 0.318 e. The van der Waals surface area contributed by atoms with Crippen molar-refractivity contribution in [1.29, 1.82) is 0 Å². The number of hydrogen-bond acceptors (Lipinski definition) is 3. The molecule has 98 valence electrons. The first-order chi connectivity index (χ1) is 8.25. The molecule has 1 aromatic carbocycles. The molecular weight excluding hydrogens is 253 g/mol. The van der Waals surface area contributed by atoms with E-state index in [9.17, 15) is 28.1 Å². The number of nitro groups is 1. The normalized spacial score (nSPS) is 11.1. The molecule has 0 heterocycles. The van der Waals surface area contributed by atoms with Gasteiger partial charge in [-0.2, -0.15) is 13.2 Å². The number of carbonyl (C=O) groups is 1. The lowest BCUT2D eigenvalue weighted by molar-refractivity contribution is -0.385. The fourth-order valence-electron chi connectivity index (χ4n) is 1.31. The number of carbonyl (C=O) groups excluding carboxylic acids is 1. The molecular formula is C10H9F3N2O3. The van der Waals surface area contributed by atoms with Crippen molar-refractivity contribution < 1.29 is 22.9 Å². The molecule has 0 unspecified atom stereocenters. The van der Waals surface area contributed by atoms with E-state index in [1.807, 2.05) is 0 Å². The van der Waals surface area contributed by atoms with Gasteiger partial charge in [0.25, 0.3) is 5.69 Å². The van der Waals surface area contributed by atoms with Crippen LogP contribution >= 0.6 is 0 Å². The van der Waals surface area contributed by atoms with Crippen LogP contribution in [0.15, 0.2) is 18.2 Å². The minimum absolute atomic E-state index is 0.263. The largest absolute Gasteiger partial charge is 0.471 e.